The molecule has 0 bridgehead atoms. The largest absolute Gasteiger partial charge is 0.435 e. The van der Waals surface area contributed by atoms with Crippen LogP contribution in [-0.4, -0.2) is 47.9 Å². The third-order valence-corrected chi connectivity index (χ3v) is 6.36. The molecule has 1 aliphatic rings. The fourth-order valence-electron chi connectivity index (χ4n) is 3.75. The summed E-state index contributed by atoms with van der Waals surface area (Å²) in [6.45, 7) is 3.79. The van der Waals surface area contributed by atoms with Crippen molar-refractivity contribution in [1.29, 1.82) is 0 Å². The standard InChI is InChI=1S/C18H18F3N7S/c1-10-7-13(18(19,20)21)24-27(10)6-4-14-23-16-15-11-3-5-26(2)8-12(11)29-17(15)22-9-28(16)25-14/h7,9H,3-6,8H2,1-2H3. The van der Waals surface area contributed by atoms with Gasteiger partial charge in [-0.1, -0.05) is 0 Å². The molecule has 0 aliphatic carbocycles. The Balaban J connectivity index is 1.46. The van der Waals surface area contributed by atoms with Crippen LogP contribution in [0.25, 0.3) is 15.9 Å². The molecule has 4 aromatic heterocycles. The summed E-state index contributed by atoms with van der Waals surface area (Å²) in [5, 5.41) is 9.20. The van der Waals surface area contributed by atoms with Crippen molar-refractivity contribution in [1.82, 2.24) is 34.3 Å². The number of rotatable bonds is 3. The number of alkyl halides is 3. The van der Waals surface area contributed by atoms with Crippen LogP contribution < -0.4 is 0 Å². The van der Waals surface area contributed by atoms with Gasteiger partial charge in [-0.2, -0.15) is 18.3 Å². The zero-order valence-corrected chi connectivity index (χ0v) is 16.7. The van der Waals surface area contributed by atoms with Crippen molar-refractivity contribution in [3.8, 4) is 0 Å². The summed E-state index contributed by atoms with van der Waals surface area (Å²) in [5.41, 5.74) is 1.64. The fourth-order valence-corrected chi connectivity index (χ4v) is 5.01. The molecule has 0 spiro atoms. The Bertz CT molecular complexity index is 1220. The summed E-state index contributed by atoms with van der Waals surface area (Å²) in [6.07, 6.45) is -1.46. The smallest absolute Gasteiger partial charge is 0.301 e. The Labute approximate surface area is 167 Å². The SMILES string of the molecule is Cc1cc(C(F)(F)F)nn1CCc1nc2c3c4c(sc3ncn2n1)CN(C)CC4. The summed E-state index contributed by atoms with van der Waals surface area (Å²) in [5.74, 6) is 0.565. The molecular formula is C18H18F3N7S. The lowest BCUT2D eigenvalue weighted by atomic mass is 10.1. The van der Waals surface area contributed by atoms with E-state index in [1.165, 1.54) is 15.1 Å². The maximum absolute atomic E-state index is 12.9. The number of nitrogens with zero attached hydrogens (tertiary/aromatic N) is 7. The molecule has 7 nitrogen and oxygen atoms in total. The molecule has 0 unspecified atom stereocenters. The highest BCUT2D eigenvalue weighted by Crippen LogP contribution is 2.35. The minimum Gasteiger partial charge on any atom is -0.301 e. The number of hydrogen-bond donors (Lipinski definition) is 0. The summed E-state index contributed by atoms with van der Waals surface area (Å²) in [4.78, 5) is 13.8. The first-order chi connectivity index (χ1) is 13.8. The van der Waals surface area contributed by atoms with Gasteiger partial charge < -0.3 is 4.90 Å². The van der Waals surface area contributed by atoms with E-state index in [2.05, 4.69) is 32.1 Å². The van der Waals surface area contributed by atoms with E-state index >= 15 is 0 Å². The lowest BCUT2D eigenvalue weighted by Crippen LogP contribution is -2.25. The van der Waals surface area contributed by atoms with Gasteiger partial charge in [0, 0.05) is 36.6 Å². The van der Waals surface area contributed by atoms with Gasteiger partial charge in [0.25, 0.3) is 0 Å². The van der Waals surface area contributed by atoms with Crippen molar-refractivity contribution in [3.05, 3.63) is 40.0 Å². The van der Waals surface area contributed by atoms with Crippen LogP contribution in [0.15, 0.2) is 12.4 Å². The predicted molar refractivity (Wildman–Crippen MR) is 102 cm³/mol. The number of fused-ring (bicyclic) bond motifs is 5. The Morgan fingerprint density at radius 3 is 2.83 bits per heavy atom. The third kappa shape index (κ3) is 3.18. The first-order valence-electron chi connectivity index (χ1n) is 9.24. The minimum absolute atomic E-state index is 0.280. The molecular weight excluding hydrogens is 403 g/mol. The van der Waals surface area contributed by atoms with Gasteiger partial charge in [0.2, 0.25) is 0 Å². The van der Waals surface area contributed by atoms with E-state index in [-0.39, 0.29) is 6.54 Å². The number of aromatic nitrogens is 6. The van der Waals surface area contributed by atoms with Gasteiger partial charge in [-0.05, 0) is 32.0 Å². The number of likely N-dealkylation sites (N-methyl/N-ethyl adjacent to an activating group) is 1. The highest BCUT2D eigenvalue weighted by Gasteiger charge is 2.34. The monoisotopic (exact) mass is 421 g/mol. The minimum atomic E-state index is -4.44. The van der Waals surface area contributed by atoms with Gasteiger partial charge >= 0.3 is 6.18 Å². The van der Waals surface area contributed by atoms with Gasteiger partial charge in [-0.15, -0.1) is 16.4 Å². The summed E-state index contributed by atoms with van der Waals surface area (Å²) >= 11 is 1.69. The molecule has 11 heteroatoms. The van der Waals surface area contributed by atoms with Crippen LogP contribution in [0.2, 0.25) is 0 Å². The van der Waals surface area contributed by atoms with E-state index in [4.69, 9.17) is 0 Å². The number of aryl methyl sites for hydroxylation is 3. The normalized spacial score (nSPS) is 15.5. The molecule has 152 valence electrons. The Hall–Kier alpha value is -2.53. The number of thiophene rings is 1. The zero-order valence-electron chi connectivity index (χ0n) is 15.9. The van der Waals surface area contributed by atoms with Crippen LogP contribution in [-0.2, 0) is 32.1 Å². The molecule has 1 aliphatic heterocycles. The van der Waals surface area contributed by atoms with Gasteiger partial charge in [-0.3, -0.25) is 4.68 Å². The maximum Gasteiger partial charge on any atom is 0.435 e. The van der Waals surface area contributed by atoms with E-state index in [0.29, 0.717) is 17.9 Å². The van der Waals surface area contributed by atoms with Crippen LogP contribution in [0.1, 0.15) is 27.7 Å². The van der Waals surface area contributed by atoms with E-state index in [9.17, 15) is 13.2 Å². The van der Waals surface area contributed by atoms with Gasteiger partial charge in [0.15, 0.2) is 17.2 Å². The van der Waals surface area contributed by atoms with Crippen LogP contribution in [0.4, 0.5) is 13.2 Å². The molecule has 0 amide bonds. The van der Waals surface area contributed by atoms with Crippen LogP contribution >= 0.6 is 11.3 Å². The molecule has 0 fully saturated rings. The van der Waals surface area contributed by atoms with Gasteiger partial charge in [0.05, 0.1) is 5.39 Å². The topological polar surface area (TPSA) is 64.1 Å². The zero-order chi connectivity index (χ0) is 20.3. The molecule has 0 aromatic carbocycles. The first kappa shape index (κ1) is 18.5. The third-order valence-electron chi connectivity index (χ3n) is 5.23. The molecule has 0 saturated heterocycles. The molecule has 0 N–H and O–H groups in total. The van der Waals surface area contributed by atoms with Gasteiger partial charge in [-0.25, -0.2) is 14.5 Å². The van der Waals surface area contributed by atoms with Gasteiger partial charge in [0.1, 0.15) is 11.2 Å². The Morgan fingerprint density at radius 2 is 2.07 bits per heavy atom. The summed E-state index contributed by atoms with van der Waals surface area (Å²) in [6, 6.07) is 1.05. The quantitative estimate of drug-likeness (QED) is 0.509. The first-order valence-corrected chi connectivity index (χ1v) is 10.1. The van der Waals surface area contributed by atoms with Crippen molar-refractivity contribution in [2.75, 3.05) is 13.6 Å². The second-order valence-corrected chi connectivity index (χ2v) is 8.44. The number of halogens is 3. The second kappa shape index (κ2) is 6.49. The van der Waals surface area contributed by atoms with Crippen molar-refractivity contribution in [2.24, 2.45) is 0 Å². The highest BCUT2D eigenvalue weighted by atomic mass is 32.1. The highest BCUT2D eigenvalue weighted by molar-refractivity contribution is 7.19. The molecule has 0 saturated carbocycles. The lowest BCUT2D eigenvalue weighted by Gasteiger charge is -2.21. The second-order valence-electron chi connectivity index (χ2n) is 7.35. The average molecular weight is 421 g/mol. The molecule has 0 radical (unpaired) electrons. The molecule has 4 aromatic rings. The van der Waals surface area contributed by atoms with E-state index in [0.717, 1.165) is 41.4 Å². The Kier molecular flexibility index (Phi) is 4.14. The van der Waals surface area contributed by atoms with E-state index in [1.807, 2.05) is 0 Å². The average Bonchev–Trinajstić information content (AvgIpc) is 3.32. The van der Waals surface area contributed by atoms with E-state index < -0.39 is 11.9 Å². The van der Waals surface area contributed by atoms with Crippen LogP contribution in [0.3, 0.4) is 0 Å². The fraction of sp³-hybridized carbons (Fsp3) is 0.444. The molecule has 5 rings (SSSR count). The van der Waals surface area contributed by atoms with Crippen molar-refractivity contribution < 1.29 is 13.2 Å². The predicted octanol–water partition coefficient (Wildman–Crippen LogP) is 3.09. The van der Waals surface area contributed by atoms with Crippen molar-refractivity contribution in [3.63, 3.8) is 0 Å². The van der Waals surface area contributed by atoms with Crippen LogP contribution in [0, 0.1) is 6.92 Å². The molecule has 0 atom stereocenters. The lowest BCUT2D eigenvalue weighted by molar-refractivity contribution is -0.141. The summed E-state index contributed by atoms with van der Waals surface area (Å²) < 4.78 is 41.6. The Morgan fingerprint density at radius 1 is 1.24 bits per heavy atom. The molecule has 29 heavy (non-hydrogen) atoms. The molecule has 5 heterocycles. The van der Waals surface area contributed by atoms with Crippen molar-refractivity contribution >= 4 is 27.2 Å². The maximum atomic E-state index is 12.9. The van der Waals surface area contributed by atoms with Crippen molar-refractivity contribution in [2.45, 2.75) is 39.0 Å². The summed E-state index contributed by atoms with van der Waals surface area (Å²) in [7, 11) is 2.10. The van der Waals surface area contributed by atoms with Crippen LogP contribution in [0.5, 0.6) is 0 Å². The van der Waals surface area contributed by atoms with E-state index in [1.54, 1.807) is 29.1 Å². The number of hydrogen-bond acceptors (Lipinski definition) is 6.